The third-order valence-corrected chi connectivity index (χ3v) is 6.95. The van der Waals surface area contributed by atoms with E-state index in [1.54, 1.807) is 18.4 Å². The molecule has 32 heavy (non-hydrogen) atoms. The van der Waals surface area contributed by atoms with Crippen LogP contribution < -0.4 is 9.64 Å². The number of carbonyl (C=O) groups is 1. The Bertz CT molecular complexity index is 1240. The van der Waals surface area contributed by atoms with Crippen LogP contribution in [0.5, 0.6) is 5.75 Å². The van der Waals surface area contributed by atoms with E-state index in [1.165, 1.54) is 0 Å². The van der Waals surface area contributed by atoms with Crippen LogP contribution in [-0.4, -0.2) is 53.5 Å². The van der Waals surface area contributed by atoms with E-state index in [-0.39, 0.29) is 5.91 Å². The molecule has 8 heteroatoms. The second-order valence-corrected chi connectivity index (χ2v) is 9.03. The number of piperazine rings is 1. The lowest BCUT2D eigenvalue weighted by Gasteiger charge is -2.36. The Balaban J connectivity index is 1.25. The second-order valence-electron chi connectivity index (χ2n) is 7.76. The third-order valence-electron chi connectivity index (χ3n) is 5.81. The molecule has 0 saturated carbocycles. The summed E-state index contributed by atoms with van der Waals surface area (Å²) in [5.74, 6) is 0.998. The van der Waals surface area contributed by atoms with Gasteiger partial charge in [0.25, 0.3) is 0 Å². The van der Waals surface area contributed by atoms with Crippen molar-refractivity contribution in [3.05, 3.63) is 70.8 Å². The molecule has 5 rings (SSSR count). The Labute approximate surface area is 195 Å². The smallest absolute Gasteiger partial charge is 0.228 e. The normalized spacial score (nSPS) is 14.2. The quantitative estimate of drug-likeness (QED) is 0.431. The van der Waals surface area contributed by atoms with Crippen molar-refractivity contribution in [1.29, 1.82) is 0 Å². The van der Waals surface area contributed by atoms with E-state index in [0.29, 0.717) is 24.5 Å². The zero-order valence-corrected chi connectivity index (χ0v) is 19.3. The minimum Gasteiger partial charge on any atom is -0.497 e. The maximum absolute atomic E-state index is 13.0. The molecular weight excluding hydrogens is 444 g/mol. The maximum Gasteiger partial charge on any atom is 0.228 e. The van der Waals surface area contributed by atoms with Gasteiger partial charge in [0.2, 0.25) is 5.91 Å². The summed E-state index contributed by atoms with van der Waals surface area (Å²) in [5, 5.41) is 2.73. The predicted molar refractivity (Wildman–Crippen MR) is 129 cm³/mol. The van der Waals surface area contributed by atoms with Crippen LogP contribution >= 0.6 is 22.9 Å². The average molecular weight is 467 g/mol. The summed E-state index contributed by atoms with van der Waals surface area (Å²) in [4.78, 5) is 22.9. The summed E-state index contributed by atoms with van der Waals surface area (Å²) in [6.07, 6.45) is 2.37. The van der Waals surface area contributed by atoms with Crippen molar-refractivity contribution in [3.63, 3.8) is 0 Å². The number of imidazole rings is 1. The number of nitrogens with zero attached hydrogens (tertiary/aromatic N) is 4. The molecule has 0 radical (unpaired) electrons. The molecule has 4 aromatic rings. The first-order chi connectivity index (χ1) is 15.6. The van der Waals surface area contributed by atoms with Crippen LogP contribution in [0.4, 0.5) is 5.69 Å². The number of fused-ring (bicyclic) bond motifs is 1. The summed E-state index contributed by atoms with van der Waals surface area (Å²) < 4.78 is 7.36. The number of carbonyl (C=O) groups excluding carboxylic acids is 1. The van der Waals surface area contributed by atoms with Gasteiger partial charge in [-0.05, 0) is 24.3 Å². The van der Waals surface area contributed by atoms with Gasteiger partial charge in [0.1, 0.15) is 5.75 Å². The first-order valence-corrected chi connectivity index (χ1v) is 11.7. The van der Waals surface area contributed by atoms with Crippen molar-refractivity contribution in [2.45, 2.75) is 6.42 Å². The van der Waals surface area contributed by atoms with Crippen molar-refractivity contribution in [2.75, 3.05) is 38.2 Å². The molecule has 0 atom stereocenters. The number of anilines is 1. The first-order valence-electron chi connectivity index (χ1n) is 10.5. The van der Waals surface area contributed by atoms with Crippen LogP contribution in [-0.2, 0) is 11.2 Å². The summed E-state index contributed by atoms with van der Waals surface area (Å²) >= 11 is 7.55. The molecule has 1 aliphatic heterocycles. The van der Waals surface area contributed by atoms with Gasteiger partial charge in [-0.25, -0.2) is 4.98 Å². The minimum absolute atomic E-state index is 0.150. The van der Waals surface area contributed by atoms with E-state index in [0.717, 1.165) is 46.4 Å². The highest BCUT2D eigenvalue weighted by molar-refractivity contribution is 7.15. The predicted octanol–water partition coefficient (Wildman–Crippen LogP) is 4.62. The van der Waals surface area contributed by atoms with Gasteiger partial charge < -0.3 is 14.5 Å². The number of methoxy groups -OCH3 is 1. The van der Waals surface area contributed by atoms with E-state index in [2.05, 4.69) is 11.0 Å². The minimum atomic E-state index is 0.150. The highest BCUT2D eigenvalue weighted by Gasteiger charge is 2.23. The Morgan fingerprint density at radius 1 is 1.12 bits per heavy atom. The van der Waals surface area contributed by atoms with Gasteiger partial charge in [0.15, 0.2) is 4.96 Å². The molecular formula is C24H23ClN4O2S. The van der Waals surface area contributed by atoms with Crippen molar-refractivity contribution < 1.29 is 9.53 Å². The van der Waals surface area contributed by atoms with Crippen molar-refractivity contribution >= 4 is 39.5 Å². The van der Waals surface area contributed by atoms with Crippen molar-refractivity contribution in [3.8, 4) is 17.0 Å². The maximum atomic E-state index is 13.0. The highest BCUT2D eigenvalue weighted by atomic mass is 35.5. The lowest BCUT2D eigenvalue weighted by molar-refractivity contribution is -0.130. The molecule has 6 nitrogen and oxygen atoms in total. The zero-order valence-electron chi connectivity index (χ0n) is 17.7. The molecule has 1 aliphatic rings. The lowest BCUT2D eigenvalue weighted by atomic mass is 10.2. The Morgan fingerprint density at radius 2 is 1.91 bits per heavy atom. The number of amides is 1. The molecule has 1 fully saturated rings. The van der Waals surface area contributed by atoms with Crippen LogP contribution in [0.1, 0.15) is 5.69 Å². The number of hydrogen-bond acceptors (Lipinski definition) is 5. The number of benzene rings is 2. The Kier molecular flexibility index (Phi) is 5.76. The van der Waals surface area contributed by atoms with E-state index < -0.39 is 0 Å². The number of thiazole rings is 1. The zero-order chi connectivity index (χ0) is 22.1. The Hall–Kier alpha value is -3.03. The topological polar surface area (TPSA) is 50.1 Å². The molecule has 164 valence electrons. The SMILES string of the molecule is COc1cccc(N2CCN(C(=O)Cc3csc4nc(-c5ccc(Cl)cc5)cn34)CC2)c1. The molecule has 0 bridgehead atoms. The van der Waals surface area contributed by atoms with Crippen LogP contribution in [0.2, 0.25) is 5.02 Å². The largest absolute Gasteiger partial charge is 0.497 e. The molecule has 0 N–H and O–H groups in total. The molecule has 2 aromatic heterocycles. The third kappa shape index (κ3) is 4.18. The molecule has 0 spiro atoms. The number of halogens is 1. The lowest BCUT2D eigenvalue weighted by Crippen LogP contribution is -2.49. The molecule has 1 amide bonds. The van der Waals surface area contributed by atoms with Gasteiger partial charge in [-0.1, -0.05) is 29.8 Å². The van der Waals surface area contributed by atoms with E-state index in [1.807, 2.05) is 63.3 Å². The van der Waals surface area contributed by atoms with Gasteiger partial charge in [-0.2, -0.15) is 0 Å². The summed E-state index contributed by atoms with van der Waals surface area (Å²) in [7, 11) is 1.68. The van der Waals surface area contributed by atoms with Crippen LogP contribution in [0.25, 0.3) is 16.2 Å². The molecule has 0 unspecified atom stereocenters. The van der Waals surface area contributed by atoms with E-state index in [9.17, 15) is 4.79 Å². The Morgan fingerprint density at radius 3 is 2.66 bits per heavy atom. The fourth-order valence-corrected chi connectivity index (χ4v) is 5.00. The summed E-state index contributed by atoms with van der Waals surface area (Å²) in [6, 6.07) is 15.7. The monoisotopic (exact) mass is 466 g/mol. The van der Waals surface area contributed by atoms with Gasteiger partial charge in [0, 0.05) is 65.8 Å². The van der Waals surface area contributed by atoms with Gasteiger partial charge in [0.05, 0.1) is 19.2 Å². The van der Waals surface area contributed by atoms with Crippen molar-refractivity contribution in [1.82, 2.24) is 14.3 Å². The molecule has 0 aliphatic carbocycles. The molecule has 3 heterocycles. The number of aromatic nitrogens is 2. The standard InChI is InChI=1S/C24H23ClN4O2S/c1-31-21-4-2-3-19(13-21)27-9-11-28(12-10-27)23(30)14-20-16-32-24-26-22(15-29(20)24)17-5-7-18(25)8-6-17/h2-8,13,15-16H,9-12,14H2,1H3. The number of rotatable bonds is 5. The fourth-order valence-electron chi connectivity index (χ4n) is 4.00. The average Bonchev–Trinajstić information content (AvgIpc) is 3.41. The molecule has 2 aromatic carbocycles. The van der Waals surface area contributed by atoms with E-state index in [4.69, 9.17) is 21.3 Å². The summed E-state index contributed by atoms with van der Waals surface area (Å²) in [5.41, 5.74) is 3.99. The molecule has 1 saturated heterocycles. The van der Waals surface area contributed by atoms with Gasteiger partial charge in [-0.3, -0.25) is 9.20 Å². The van der Waals surface area contributed by atoms with Gasteiger partial charge in [-0.15, -0.1) is 11.3 Å². The van der Waals surface area contributed by atoms with Crippen molar-refractivity contribution in [2.24, 2.45) is 0 Å². The fraction of sp³-hybridized carbons (Fsp3) is 0.250. The first kappa shape index (κ1) is 20.8. The van der Waals surface area contributed by atoms with E-state index >= 15 is 0 Å². The van der Waals surface area contributed by atoms with Crippen LogP contribution in [0.15, 0.2) is 60.1 Å². The number of hydrogen-bond donors (Lipinski definition) is 0. The van der Waals surface area contributed by atoms with Crippen LogP contribution in [0, 0.1) is 0 Å². The summed E-state index contributed by atoms with van der Waals surface area (Å²) in [6.45, 7) is 3.04. The number of ether oxygens (including phenoxy) is 1. The van der Waals surface area contributed by atoms with Gasteiger partial charge >= 0.3 is 0 Å². The second kappa shape index (κ2) is 8.84. The van der Waals surface area contributed by atoms with Crippen LogP contribution in [0.3, 0.4) is 0 Å². The highest BCUT2D eigenvalue weighted by Crippen LogP contribution is 2.26.